The number of hydrogen-bond acceptors (Lipinski definition) is 3. The molecule has 1 aromatic rings. The zero-order valence-corrected chi connectivity index (χ0v) is 8.49. The van der Waals surface area contributed by atoms with Crippen LogP contribution in [-0.2, 0) is 0 Å². The van der Waals surface area contributed by atoms with E-state index in [0.29, 0.717) is 22.6 Å². The van der Waals surface area contributed by atoms with E-state index in [1.54, 1.807) is 19.1 Å². The zero-order chi connectivity index (χ0) is 10.6. The third kappa shape index (κ3) is 3.01. The molecule has 3 nitrogen and oxygen atoms in total. The van der Waals surface area contributed by atoms with Gasteiger partial charge in [0.25, 0.3) is 0 Å². The van der Waals surface area contributed by atoms with E-state index in [4.69, 9.17) is 21.4 Å². The van der Waals surface area contributed by atoms with Gasteiger partial charge in [-0.15, -0.1) is 0 Å². The number of carbonyl (C=O) groups excluding carboxylic acids is 1. The first-order chi connectivity index (χ1) is 6.63. The summed E-state index contributed by atoms with van der Waals surface area (Å²) in [5.74, 6) is 0.471. The van der Waals surface area contributed by atoms with Crippen LogP contribution in [0.5, 0.6) is 5.75 Å². The molecule has 0 saturated heterocycles. The molecule has 4 heteroatoms. The van der Waals surface area contributed by atoms with Crippen LogP contribution >= 0.6 is 11.6 Å². The Morgan fingerprint density at radius 2 is 2.36 bits per heavy atom. The fourth-order valence-electron chi connectivity index (χ4n) is 0.918. The second kappa shape index (κ2) is 4.98. The summed E-state index contributed by atoms with van der Waals surface area (Å²) in [6, 6.07) is 4.73. The Labute approximate surface area is 87.3 Å². The summed E-state index contributed by atoms with van der Waals surface area (Å²) in [6.45, 7) is 1.80. The third-order valence-corrected chi connectivity index (χ3v) is 1.87. The minimum atomic E-state index is -0.545. The number of rotatable bonds is 4. The fraction of sp³-hybridized carbons (Fsp3) is 0.300. The molecule has 1 rings (SSSR count). The van der Waals surface area contributed by atoms with Crippen LogP contribution < -0.4 is 4.74 Å². The number of carbonyl (C=O) groups is 1. The van der Waals surface area contributed by atoms with Crippen molar-refractivity contribution < 1.29 is 14.6 Å². The van der Waals surface area contributed by atoms with Crippen LogP contribution in [0.1, 0.15) is 17.3 Å². The Morgan fingerprint density at radius 3 is 2.86 bits per heavy atom. The minimum Gasteiger partial charge on any atom is -0.489 e. The average molecular weight is 215 g/mol. The van der Waals surface area contributed by atoms with Gasteiger partial charge in [0.05, 0.1) is 11.1 Å². The Balaban J connectivity index is 2.73. The molecule has 0 radical (unpaired) electrons. The smallest absolute Gasteiger partial charge is 0.150 e. The van der Waals surface area contributed by atoms with Gasteiger partial charge in [-0.05, 0) is 25.1 Å². The van der Waals surface area contributed by atoms with Gasteiger partial charge in [0, 0.05) is 5.56 Å². The Hall–Kier alpha value is -1.06. The highest BCUT2D eigenvalue weighted by Crippen LogP contribution is 2.24. The number of aldehydes is 1. The van der Waals surface area contributed by atoms with Gasteiger partial charge in [-0.25, -0.2) is 0 Å². The van der Waals surface area contributed by atoms with Gasteiger partial charge in [-0.3, -0.25) is 4.79 Å². The van der Waals surface area contributed by atoms with Gasteiger partial charge in [-0.2, -0.15) is 0 Å². The average Bonchev–Trinajstić information content (AvgIpc) is 2.15. The fourth-order valence-corrected chi connectivity index (χ4v) is 1.16. The number of aliphatic hydroxyl groups excluding tert-OH is 1. The van der Waals surface area contributed by atoms with E-state index in [1.165, 1.54) is 6.07 Å². The first-order valence-electron chi connectivity index (χ1n) is 4.19. The molecule has 0 aliphatic heterocycles. The molecule has 0 aromatic heterocycles. The minimum absolute atomic E-state index is 0.181. The van der Waals surface area contributed by atoms with Crippen molar-refractivity contribution in [3.63, 3.8) is 0 Å². The molecule has 0 saturated carbocycles. The van der Waals surface area contributed by atoms with E-state index >= 15 is 0 Å². The highest BCUT2D eigenvalue weighted by Gasteiger charge is 2.04. The molecule has 1 aromatic carbocycles. The lowest BCUT2D eigenvalue weighted by Crippen LogP contribution is -2.12. The summed E-state index contributed by atoms with van der Waals surface area (Å²) in [7, 11) is 0. The topological polar surface area (TPSA) is 46.5 Å². The van der Waals surface area contributed by atoms with Crippen LogP contribution in [0.4, 0.5) is 0 Å². The Morgan fingerprint density at radius 1 is 1.64 bits per heavy atom. The van der Waals surface area contributed by atoms with Gasteiger partial charge in [-0.1, -0.05) is 11.6 Å². The first-order valence-corrected chi connectivity index (χ1v) is 4.57. The third-order valence-electron chi connectivity index (χ3n) is 1.57. The van der Waals surface area contributed by atoms with Crippen molar-refractivity contribution >= 4 is 17.9 Å². The number of halogens is 1. The molecule has 1 unspecified atom stereocenters. The molecule has 14 heavy (non-hydrogen) atoms. The maximum absolute atomic E-state index is 10.4. The molecular formula is C10H11ClO3. The maximum Gasteiger partial charge on any atom is 0.150 e. The summed E-state index contributed by atoms with van der Waals surface area (Å²) in [4.78, 5) is 10.4. The van der Waals surface area contributed by atoms with Gasteiger partial charge in [0.15, 0.2) is 0 Å². The Bertz CT molecular complexity index is 323. The number of ether oxygens (including phenoxy) is 1. The van der Waals surface area contributed by atoms with Gasteiger partial charge < -0.3 is 9.84 Å². The van der Waals surface area contributed by atoms with Crippen molar-refractivity contribution in [2.24, 2.45) is 0 Å². The van der Waals surface area contributed by atoms with Crippen LogP contribution in [0.15, 0.2) is 18.2 Å². The van der Waals surface area contributed by atoms with E-state index in [-0.39, 0.29) is 6.61 Å². The van der Waals surface area contributed by atoms with Crippen molar-refractivity contribution in [3.8, 4) is 5.75 Å². The predicted molar refractivity (Wildman–Crippen MR) is 54.0 cm³/mol. The molecule has 0 fully saturated rings. The van der Waals surface area contributed by atoms with E-state index in [0.717, 1.165) is 0 Å². The summed E-state index contributed by atoms with van der Waals surface area (Å²) >= 11 is 5.83. The SMILES string of the molecule is CC(O)COc1ccc(C=O)cc1Cl. The van der Waals surface area contributed by atoms with Crippen molar-refractivity contribution in [2.75, 3.05) is 6.61 Å². The molecule has 1 N–H and O–H groups in total. The molecule has 0 aliphatic rings. The van der Waals surface area contributed by atoms with Gasteiger partial charge in [0.1, 0.15) is 18.6 Å². The van der Waals surface area contributed by atoms with Crippen molar-refractivity contribution in [1.82, 2.24) is 0 Å². The van der Waals surface area contributed by atoms with Crippen molar-refractivity contribution in [2.45, 2.75) is 13.0 Å². The maximum atomic E-state index is 10.4. The van der Waals surface area contributed by atoms with E-state index < -0.39 is 6.10 Å². The molecule has 0 aliphatic carbocycles. The van der Waals surface area contributed by atoms with Crippen LogP contribution in [0.3, 0.4) is 0 Å². The highest BCUT2D eigenvalue weighted by atomic mass is 35.5. The lowest BCUT2D eigenvalue weighted by molar-refractivity contribution is 0.112. The van der Waals surface area contributed by atoms with Crippen LogP contribution in [0.25, 0.3) is 0 Å². The molecule has 0 bridgehead atoms. The number of hydrogen-bond donors (Lipinski definition) is 1. The van der Waals surface area contributed by atoms with Crippen LogP contribution in [-0.4, -0.2) is 24.1 Å². The molecular weight excluding hydrogens is 204 g/mol. The second-order valence-corrected chi connectivity index (χ2v) is 3.37. The molecule has 0 heterocycles. The Kier molecular flexibility index (Phi) is 3.92. The summed E-state index contributed by atoms with van der Waals surface area (Å²) < 4.78 is 5.20. The van der Waals surface area contributed by atoms with Crippen molar-refractivity contribution in [1.29, 1.82) is 0 Å². The number of benzene rings is 1. The lowest BCUT2D eigenvalue weighted by Gasteiger charge is -2.09. The lowest BCUT2D eigenvalue weighted by atomic mass is 10.2. The molecule has 1 atom stereocenters. The van der Waals surface area contributed by atoms with Crippen LogP contribution in [0, 0.1) is 0 Å². The van der Waals surface area contributed by atoms with Crippen LogP contribution in [0.2, 0.25) is 5.02 Å². The second-order valence-electron chi connectivity index (χ2n) is 2.97. The summed E-state index contributed by atoms with van der Waals surface area (Å²) in [6.07, 6.45) is 0.168. The summed E-state index contributed by atoms with van der Waals surface area (Å²) in [5, 5.41) is 9.35. The van der Waals surface area contributed by atoms with E-state index in [1.807, 2.05) is 0 Å². The molecule has 0 spiro atoms. The quantitative estimate of drug-likeness (QED) is 0.779. The standard InChI is InChI=1S/C10H11ClO3/c1-7(13)6-14-10-3-2-8(5-12)4-9(10)11/h2-5,7,13H,6H2,1H3. The zero-order valence-electron chi connectivity index (χ0n) is 7.74. The predicted octanol–water partition coefficient (Wildman–Crippen LogP) is 1.91. The van der Waals surface area contributed by atoms with Gasteiger partial charge in [0.2, 0.25) is 0 Å². The number of aliphatic hydroxyl groups is 1. The molecule has 76 valence electrons. The van der Waals surface area contributed by atoms with Crippen molar-refractivity contribution in [3.05, 3.63) is 28.8 Å². The van der Waals surface area contributed by atoms with E-state index in [9.17, 15) is 4.79 Å². The normalized spacial score (nSPS) is 12.2. The van der Waals surface area contributed by atoms with Gasteiger partial charge >= 0.3 is 0 Å². The highest BCUT2D eigenvalue weighted by molar-refractivity contribution is 6.32. The summed E-state index contributed by atoms with van der Waals surface area (Å²) in [5.41, 5.74) is 0.499. The largest absolute Gasteiger partial charge is 0.489 e. The van der Waals surface area contributed by atoms with E-state index in [2.05, 4.69) is 0 Å². The molecule has 0 amide bonds. The monoisotopic (exact) mass is 214 g/mol. The first kappa shape index (κ1) is 11.0.